The summed E-state index contributed by atoms with van der Waals surface area (Å²) in [6.45, 7) is 5.51. The van der Waals surface area contributed by atoms with Crippen molar-refractivity contribution in [3.63, 3.8) is 0 Å². The number of carbonyl (C=O) groups excluding carboxylic acids is 1. The van der Waals surface area contributed by atoms with Crippen molar-refractivity contribution >= 4 is 23.4 Å². The molecule has 0 bridgehead atoms. The number of benzene rings is 2. The maximum absolute atomic E-state index is 13.5. The van der Waals surface area contributed by atoms with Gasteiger partial charge in [0.05, 0.1) is 12.0 Å². The van der Waals surface area contributed by atoms with Gasteiger partial charge in [-0.3, -0.25) is 9.69 Å². The second-order valence-electron chi connectivity index (χ2n) is 9.29. The Morgan fingerprint density at radius 2 is 1.81 bits per heavy atom. The van der Waals surface area contributed by atoms with Crippen LogP contribution in [0.2, 0.25) is 0 Å². The summed E-state index contributed by atoms with van der Waals surface area (Å²) in [5.41, 5.74) is 4.54. The molecule has 4 aromatic rings. The van der Waals surface area contributed by atoms with Crippen molar-refractivity contribution in [2.75, 3.05) is 48.8 Å². The first-order valence-electron chi connectivity index (χ1n) is 12.5. The van der Waals surface area contributed by atoms with E-state index in [0.29, 0.717) is 37.0 Å². The van der Waals surface area contributed by atoms with E-state index in [1.807, 2.05) is 66.3 Å². The molecule has 0 saturated heterocycles. The number of amides is 1. The molecular weight excluding hydrogens is 464 g/mol. The minimum absolute atomic E-state index is 0.103. The molecule has 0 fully saturated rings. The lowest BCUT2D eigenvalue weighted by Gasteiger charge is -2.21. The zero-order chi connectivity index (χ0) is 25.8. The molecular formula is C28H32N8O. The molecule has 9 heteroatoms. The Morgan fingerprint density at radius 1 is 1.00 bits per heavy atom. The van der Waals surface area contributed by atoms with Crippen molar-refractivity contribution in [2.45, 2.75) is 20.0 Å². The summed E-state index contributed by atoms with van der Waals surface area (Å²) in [6, 6.07) is 18.4. The summed E-state index contributed by atoms with van der Waals surface area (Å²) < 4.78 is 2.00. The number of aromatic nitrogens is 4. The SMILES string of the molecule is CCNc1ncc2c(n1)N(C)CCN(c1cccc(-n3cnc(CN(C)Cc4ccccc4)c3)c1)C2=O. The number of fused-ring (bicyclic) bond motifs is 1. The molecule has 2 aromatic carbocycles. The molecule has 1 aliphatic heterocycles. The first-order chi connectivity index (χ1) is 18.0. The van der Waals surface area contributed by atoms with Crippen LogP contribution >= 0.6 is 0 Å². The van der Waals surface area contributed by atoms with Crippen LogP contribution in [0.1, 0.15) is 28.5 Å². The van der Waals surface area contributed by atoms with Gasteiger partial charge >= 0.3 is 0 Å². The Kier molecular flexibility index (Phi) is 7.14. The fourth-order valence-corrected chi connectivity index (χ4v) is 4.54. The van der Waals surface area contributed by atoms with Gasteiger partial charge in [0.25, 0.3) is 5.91 Å². The molecule has 37 heavy (non-hydrogen) atoms. The lowest BCUT2D eigenvalue weighted by molar-refractivity contribution is 0.0989. The zero-order valence-corrected chi connectivity index (χ0v) is 21.5. The molecule has 5 rings (SSSR count). The van der Waals surface area contributed by atoms with Gasteiger partial charge in [-0.2, -0.15) is 4.98 Å². The van der Waals surface area contributed by atoms with E-state index in [9.17, 15) is 4.79 Å². The second-order valence-corrected chi connectivity index (χ2v) is 9.29. The van der Waals surface area contributed by atoms with Crippen molar-refractivity contribution in [3.8, 4) is 5.69 Å². The predicted octanol–water partition coefficient (Wildman–Crippen LogP) is 3.82. The number of hydrogen-bond donors (Lipinski definition) is 1. The molecule has 0 saturated carbocycles. The average Bonchev–Trinajstić information content (AvgIpc) is 3.33. The van der Waals surface area contributed by atoms with Gasteiger partial charge in [0, 0.05) is 63.5 Å². The van der Waals surface area contributed by atoms with E-state index >= 15 is 0 Å². The third-order valence-electron chi connectivity index (χ3n) is 6.40. The minimum atomic E-state index is -0.103. The smallest absolute Gasteiger partial charge is 0.263 e. The highest BCUT2D eigenvalue weighted by Gasteiger charge is 2.28. The van der Waals surface area contributed by atoms with Gasteiger partial charge in [-0.25, -0.2) is 9.97 Å². The first kappa shape index (κ1) is 24.5. The van der Waals surface area contributed by atoms with Crippen LogP contribution in [0.25, 0.3) is 5.69 Å². The number of imidazole rings is 1. The van der Waals surface area contributed by atoms with Gasteiger partial charge in [0.2, 0.25) is 5.95 Å². The summed E-state index contributed by atoms with van der Waals surface area (Å²) in [6.07, 6.45) is 5.49. The predicted molar refractivity (Wildman–Crippen MR) is 146 cm³/mol. The molecule has 0 atom stereocenters. The van der Waals surface area contributed by atoms with Crippen molar-refractivity contribution in [1.29, 1.82) is 0 Å². The van der Waals surface area contributed by atoms with Crippen molar-refractivity contribution in [1.82, 2.24) is 24.4 Å². The Balaban J connectivity index is 1.34. The van der Waals surface area contributed by atoms with Crippen LogP contribution < -0.4 is 15.1 Å². The Labute approximate surface area is 217 Å². The van der Waals surface area contributed by atoms with Gasteiger partial charge in [-0.15, -0.1) is 0 Å². The molecule has 0 unspecified atom stereocenters. The zero-order valence-electron chi connectivity index (χ0n) is 21.5. The third kappa shape index (κ3) is 5.46. The number of carbonyl (C=O) groups is 1. The summed E-state index contributed by atoms with van der Waals surface area (Å²) in [4.78, 5) is 33.1. The van der Waals surface area contributed by atoms with Crippen LogP contribution in [-0.2, 0) is 13.1 Å². The van der Waals surface area contributed by atoms with Gasteiger partial charge in [0.1, 0.15) is 11.4 Å². The van der Waals surface area contributed by atoms with Crippen molar-refractivity contribution in [3.05, 3.63) is 90.1 Å². The minimum Gasteiger partial charge on any atom is -0.357 e. The molecule has 2 aromatic heterocycles. The van der Waals surface area contributed by atoms with E-state index < -0.39 is 0 Å². The van der Waals surface area contributed by atoms with Gasteiger partial charge in [-0.05, 0) is 37.7 Å². The lowest BCUT2D eigenvalue weighted by Crippen LogP contribution is -2.33. The van der Waals surface area contributed by atoms with E-state index in [-0.39, 0.29) is 5.91 Å². The largest absolute Gasteiger partial charge is 0.357 e. The summed E-state index contributed by atoms with van der Waals surface area (Å²) >= 11 is 0. The number of likely N-dealkylation sites (N-methyl/N-ethyl adjacent to an activating group) is 1. The molecule has 1 amide bonds. The maximum atomic E-state index is 13.5. The molecule has 1 aliphatic rings. The van der Waals surface area contributed by atoms with Gasteiger partial charge in [-0.1, -0.05) is 36.4 Å². The molecule has 0 spiro atoms. The Morgan fingerprint density at radius 3 is 2.62 bits per heavy atom. The van der Waals surface area contributed by atoms with Crippen LogP contribution in [0, 0.1) is 0 Å². The normalized spacial score (nSPS) is 13.6. The quantitative estimate of drug-likeness (QED) is 0.397. The second kappa shape index (κ2) is 10.8. The van der Waals surface area contributed by atoms with Crippen molar-refractivity contribution in [2.24, 2.45) is 0 Å². The average molecular weight is 497 g/mol. The molecule has 0 aliphatic carbocycles. The van der Waals surface area contributed by atoms with Crippen LogP contribution in [0.5, 0.6) is 0 Å². The standard InChI is InChI=1S/C28H32N8O/c1-4-29-28-30-16-25-26(32-28)34(3)13-14-36(27(25)37)24-12-8-11-23(15-24)35-19-22(31-20-35)18-33(2)17-21-9-6-5-7-10-21/h5-12,15-16,19-20H,4,13-14,17-18H2,1-3H3,(H,29,30,32). The van der Waals surface area contributed by atoms with Crippen molar-refractivity contribution < 1.29 is 4.79 Å². The molecule has 190 valence electrons. The van der Waals surface area contributed by atoms with Crippen LogP contribution in [0.15, 0.2) is 73.3 Å². The van der Waals surface area contributed by atoms with E-state index in [1.165, 1.54) is 5.56 Å². The molecule has 9 nitrogen and oxygen atoms in total. The summed E-state index contributed by atoms with van der Waals surface area (Å²) in [5.74, 6) is 1.07. The number of nitrogens with zero attached hydrogens (tertiary/aromatic N) is 7. The van der Waals surface area contributed by atoms with E-state index in [4.69, 9.17) is 0 Å². The fraction of sp³-hybridized carbons (Fsp3) is 0.286. The lowest BCUT2D eigenvalue weighted by atomic mass is 10.2. The summed E-state index contributed by atoms with van der Waals surface area (Å²) in [7, 11) is 4.05. The molecule has 1 N–H and O–H groups in total. The van der Waals surface area contributed by atoms with E-state index in [0.717, 1.165) is 30.2 Å². The highest BCUT2D eigenvalue weighted by atomic mass is 16.2. The van der Waals surface area contributed by atoms with Gasteiger partial charge < -0.3 is 19.7 Å². The van der Waals surface area contributed by atoms with E-state index in [2.05, 4.69) is 56.5 Å². The number of hydrogen-bond acceptors (Lipinski definition) is 7. The van der Waals surface area contributed by atoms with Crippen LogP contribution in [0.3, 0.4) is 0 Å². The first-order valence-corrected chi connectivity index (χ1v) is 12.5. The van der Waals surface area contributed by atoms with Crippen LogP contribution in [-0.4, -0.2) is 64.1 Å². The molecule has 3 heterocycles. The Hall–Kier alpha value is -4.24. The Bertz CT molecular complexity index is 1370. The monoisotopic (exact) mass is 496 g/mol. The molecule has 0 radical (unpaired) electrons. The maximum Gasteiger partial charge on any atom is 0.263 e. The van der Waals surface area contributed by atoms with Crippen LogP contribution in [0.4, 0.5) is 17.5 Å². The van der Waals surface area contributed by atoms with E-state index in [1.54, 1.807) is 11.1 Å². The number of rotatable bonds is 8. The van der Waals surface area contributed by atoms with Gasteiger partial charge in [0.15, 0.2) is 0 Å². The number of nitrogens with one attached hydrogen (secondary N) is 1. The highest BCUT2D eigenvalue weighted by molar-refractivity contribution is 6.09. The third-order valence-corrected chi connectivity index (χ3v) is 6.40. The fourth-order valence-electron chi connectivity index (χ4n) is 4.54. The topological polar surface area (TPSA) is 82.4 Å². The highest BCUT2D eigenvalue weighted by Crippen LogP contribution is 2.27. The summed E-state index contributed by atoms with van der Waals surface area (Å²) in [5, 5.41) is 3.12. The number of anilines is 3.